The van der Waals surface area contributed by atoms with Gasteiger partial charge in [0.15, 0.2) is 0 Å². The number of carbonyl (C=O) groups is 2. The fourth-order valence-corrected chi connectivity index (χ4v) is 2.46. The molecule has 0 aliphatic heterocycles. The molecule has 5 heteroatoms. The Hall–Kier alpha value is -1.75. The molecule has 0 fully saturated rings. The summed E-state index contributed by atoms with van der Waals surface area (Å²) in [6, 6.07) is 8.71. The van der Waals surface area contributed by atoms with Crippen molar-refractivity contribution < 1.29 is 14.7 Å². The molecule has 1 aromatic rings. The number of thiocarbonyl (C=S) groups is 1. The van der Waals surface area contributed by atoms with Gasteiger partial charge in [-0.1, -0.05) is 49.5 Å². The van der Waals surface area contributed by atoms with Gasteiger partial charge in [0.2, 0.25) is 0 Å². The van der Waals surface area contributed by atoms with Crippen LogP contribution in [0.3, 0.4) is 0 Å². The molecule has 0 aliphatic carbocycles. The molecule has 114 valence electrons. The molecule has 2 atom stereocenters. The van der Waals surface area contributed by atoms with Gasteiger partial charge in [-0.05, 0) is 12.5 Å². The van der Waals surface area contributed by atoms with Gasteiger partial charge < -0.3 is 14.8 Å². The van der Waals surface area contributed by atoms with Crippen LogP contribution in [0.15, 0.2) is 30.3 Å². The van der Waals surface area contributed by atoms with Crippen molar-refractivity contribution in [1.29, 1.82) is 0 Å². The van der Waals surface area contributed by atoms with E-state index in [2.05, 4.69) is 0 Å². The van der Waals surface area contributed by atoms with Crippen molar-refractivity contribution in [3.63, 3.8) is 0 Å². The normalized spacial score (nSPS) is 13.3. The average molecular weight is 307 g/mol. The van der Waals surface area contributed by atoms with Gasteiger partial charge in [-0.25, -0.2) is 4.79 Å². The molecule has 4 nitrogen and oxygen atoms in total. The van der Waals surface area contributed by atoms with Crippen LogP contribution in [0.1, 0.15) is 25.8 Å². The molecule has 1 rings (SSSR count). The SMILES string of the molecule is CC(=O)CC(C)C(=S)N(C)[C@@H](Cc1ccccc1)C(=O)O. The van der Waals surface area contributed by atoms with Crippen LogP contribution in [-0.2, 0) is 16.0 Å². The number of hydrogen-bond acceptors (Lipinski definition) is 3. The van der Waals surface area contributed by atoms with Crippen LogP contribution < -0.4 is 0 Å². The number of likely N-dealkylation sites (N-methyl/N-ethyl adjacent to an activating group) is 1. The topological polar surface area (TPSA) is 57.6 Å². The second kappa shape index (κ2) is 7.88. The summed E-state index contributed by atoms with van der Waals surface area (Å²) >= 11 is 5.34. The Morgan fingerprint density at radius 3 is 2.33 bits per heavy atom. The van der Waals surface area contributed by atoms with Crippen LogP contribution in [0.4, 0.5) is 0 Å². The standard InChI is InChI=1S/C16H21NO3S/c1-11(9-12(2)18)15(21)17(3)14(16(19)20)10-13-7-5-4-6-8-13/h4-8,11,14H,9-10H2,1-3H3,(H,19,20)/t11?,14-/m0/s1. The minimum absolute atomic E-state index is 0.0492. The third-order valence-electron chi connectivity index (χ3n) is 3.39. The molecule has 21 heavy (non-hydrogen) atoms. The van der Waals surface area contributed by atoms with Crippen LogP contribution in [0.25, 0.3) is 0 Å². The van der Waals surface area contributed by atoms with Crippen LogP contribution >= 0.6 is 12.2 Å². The van der Waals surface area contributed by atoms with E-state index in [1.807, 2.05) is 37.3 Å². The molecule has 0 saturated heterocycles. The molecule has 0 aliphatic rings. The zero-order valence-corrected chi connectivity index (χ0v) is 13.4. The summed E-state index contributed by atoms with van der Waals surface area (Å²) < 4.78 is 0. The van der Waals surface area contributed by atoms with Crippen molar-refractivity contribution in [3.8, 4) is 0 Å². The van der Waals surface area contributed by atoms with Gasteiger partial charge in [0.25, 0.3) is 0 Å². The summed E-state index contributed by atoms with van der Waals surface area (Å²) in [6.45, 7) is 3.36. The molecule has 0 radical (unpaired) electrons. The Morgan fingerprint density at radius 1 is 1.29 bits per heavy atom. The molecule has 1 aromatic carbocycles. The molecule has 0 heterocycles. The Morgan fingerprint density at radius 2 is 1.86 bits per heavy atom. The first kappa shape index (κ1) is 17.3. The fourth-order valence-electron chi connectivity index (χ4n) is 2.25. The van der Waals surface area contributed by atoms with Gasteiger partial charge >= 0.3 is 5.97 Å². The van der Waals surface area contributed by atoms with Crippen LogP contribution in [0, 0.1) is 5.92 Å². The fraction of sp³-hybridized carbons (Fsp3) is 0.438. The highest BCUT2D eigenvalue weighted by Gasteiger charge is 2.27. The zero-order chi connectivity index (χ0) is 16.0. The average Bonchev–Trinajstić information content (AvgIpc) is 2.43. The second-order valence-corrected chi connectivity index (χ2v) is 5.72. The Labute approximate surface area is 130 Å². The Balaban J connectivity index is 2.82. The van der Waals surface area contributed by atoms with E-state index in [-0.39, 0.29) is 11.7 Å². The number of aliphatic carboxylic acids is 1. The summed E-state index contributed by atoms with van der Waals surface area (Å²) in [5.41, 5.74) is 0.943. The highest BCUT2D eigenvalue weighted by molar-refractivity contribution is 7.80. The van der Waals surface area contributed by atoms with E-state index in [1.165, 1.54) is 6.92 Å². The van der Waals surface area contributed by atoms with Crippen molar-refractivity contribution in [2.24, 2.45) is 5.92 Å². The lowest BCUT2D eigenvalue weighted by Gasteiger charge is -2.30. The second-order valence-electron chi connectivity index (χ2n) is 5.30. The van der Waals surface area contributed by atoms with Gasteiger partial charge in [-0.3, -0.25) is 0 Å². The minimum atomic E-state index is -0.918. The van der Waals surface area contributed by atoms with E-state index in [4.69, 9.17) is 12.2 Å². The van der Waals surface area contributed by atoms with Gasteiger partial charge in [-0.15, -0.1) is 0 Å². The van der Waals surface area contributed by atoms with Gasteiger partial charge in [0.05, 0.1) is 4.99 Å². The number of carboxylic acid groups (broad SMARTS) is 1. The van der Waals surface area contributed by atoms with E-state index >= 15 is 0 Å². The third kappa shape index (κ3) is 5.27. The molecule has 0 bridgehead atoms. The first-order valence-corrected chi connectivity index (χ1v) is 7.26. The third-order valence-corrected chi connectivity index (χ3v) is 4.08. The summed E-state index contributed by atoms with van der Waals surface area (Å²) in [6.07, 6.45) is 0.709. The maximum absolute atomic E-state index is 11.5. The van der Waals surface area contributed by atoms with Crippen molar-refractivity contribution in [2.75, 3.05) is 7.05 Å². The van der Waals surface area contributed by atoms with Gasteiger partial charge in [-0.2, -0.15) is 0 Å². The van der Waals surface area contributed by atoms with E-state index in [9.17, 15) is 14.7 Å². The Bertz CT molecular complexity index is 516. The highest BCUT2D eigenvalue weighted by atomic mass is 32.1. The largest absolute Gasteiger partial charge is 0.480 e. The number of benzene rings is 1. The number of Topliss-reactive ketones (excluding diaryl/α,β-unsaturated/α-hetero) is 1. The number of rotatable bonds is 7. The molecule has 0 saturated carbocycles. The summed E-state index contributed by atoms with van der Waals surface area (Å²) in [7, 11) is 1.68. The monoisotopic (exact) mass is 307 g/mol. The first-order chi connectivity index (χ1) is 9.82. The zero-order valence-electron chi connectivity index (χ0n) is 12.6. The quantitative estimate of drug-likeness (QED) is 0.785. The Kier molecular flexibility index (Phi) is 6.49. The predicted molar refractivity (Wildman–Crippen MR) is 86.4 cm³/mol. The molecule has 1 unspecified atom stereocenters. The number of carboxylic acids is 1. The molecule has 0 aromatic heterocycles. The number of carbonyl (C=O) groups excluding carboxylic acids is 1. The van der Waals surface area contributed by atoms with E-state index in [1.54, 1.807) is 11.9 Å². The summed E-state index contributed by atoms with van der Waals surface area (Å²) in [4.78, 5) is 24.8. The molecule has 1 N–H and O–H groups in total. The van der Waals surface area contributed by atoms with Crippen molar-refractivity contribution in [3.05, 3.63) is 35.9 Å². The van der Waals surface area contributed by atoms with E-state index in [0.29, 0.717) is 17.8 Å². The molecular weight excluding hydrogens is 286 g/mol. The number of ketones is 1. The first-order valence-electron chi connectivity index (χ1n) is 6.85. The summed E-state index contributed by atoms with van der Waals surface area (Å²) in [5, 5.41) is 9.45. The number of nitrogens with zero attached hydrogens (tertiary/aromatic N) is 1. The van der Waals surface area contributed by atoms with E-state index < -0.39 is 12.0 Å². The van der Waals surface area contributed by atoms with Gasteiger partial charge in [0, 0.05) is 25.8 Å². The lowest BCUT2D eigenvalue weighted by atomic mass is 10.0. The van der Waals surface area contributed by atoms with Crippen molar-refractivity contribution in [2.45, 2.75) is 32.7 Å². The lowest BCUT2D eigenvalue weighted by Crippen LogP contribution is -2.45. The lowest BCUT2D eigenvalue weighted by molar-refractivity contribution is -0.141. The van der Waals surface area contributed by atoms with Crippen LogP contribution in [0.2, 0.25) is 0 Å². The number of hydrogen-bond donors (Lipinski definition) is 1. The summed E-state index contributed by atoms with van der Waals surface area (Å²) in [5.74, 6) is -1.01. The predicted octanol–water partition coefficient (Wildman–Crippen LogP) is 2.56. The van der Waals surface area contributed by atoms with Crippen LogP contribution in [-0.4, -0.2) is 39.8 Å². The smallest absolute Gasteiger partial charge is 0.326 e. The minimum Gasteiger partial charge on any atom is -0.480 e. The van der Waals surface area contributed by atoms with Crippen LogP contribution in [0.5, 0.6) is 0 Å². The van der Waals surface area contributed by atoms with Crippen molar-refractivity contribution >= 4 is 29.0 Å². The van der Waals surface area contributed by atoms with Crippen molar-refractivity contribution in [1.82, 2.24) is 4.90 Å². The maximum Gasteiger partial charge on any atom is 0.326 e. The highest BCUT2D eigenvalue weighted by Crippen LogP contribution is 2.15. The maximum atomic E-state index is 11.5. The molecule has 0 amide bonds. The molecular formula is C16H21NO3S. The van der Waals surface area contributed by atoms with Gasteiger partial charge in [0.1, 0.15) is 11.8 Å². The molecule has 0 spiro atoms. The van der Waals surface area contributed by atoms with E-state index in [0.717, 1.165) is 5.56 Å².